The molecule has 1 unspecified atom stereocenters. The molecule has 0 fully saturated rings. The molecule has 1 N–H and O–H groups in total. The van der Waals surface area contributed by atoms with Crippen LogP contribution in [0.1, 0.15) is 45.4 Å². The molecule has 1 rings (SSSR count). The van der Waals surface area contributed by atoms with Gasteiger partial charge in [0.2, 0.25) is 0 Å². The molecule has 0 bridgehead atoms. The van der Waals surface area contributed by atoms with Gasteiger partial charge in [0.15, 0.2) is 0 Å². The number of methoxy groups -OCH3 is 1. The van der Waals surface area contributed by atoms with Crippen molar-refractivity contribution in [3.63, 3.8) is 0 Å². The normalized spacial score (nSPS) is 13.3. The largest absolute Gasteiger partial charge is 0.496 e. The van der Waals surface area contributed by atoms with Crippen molar-refractivity contribution in [1.82, 2.24) is 5.32 Å². The molecule has 0 aliphatic carbocycles. The number of ether oxygens (including phenoxy) is 2. The molecule has 1 aromatic heterocycles. The van der Waals surface area contributed by atoms with Gasteiger partial charge in [-0.2, -0.15) is 13.2 Å². The lowest BCUT2D eigenvalue weighted by Crippen LogP contribution is -2.35. The molecule has 6 nitrogen and oxygen atoms in total. The summed E-state index contributed by atoms with van der Waals surface area (Å²) in [5, 5.41) is 2.29. The van der Waals surface area contributed by atoms with Crippen LogP contribution in [0.4, 0.5) is 18.0 Å². The average molecular weight is 351 g/mol. The predicted molar refractivity (Wildman–Crippen MR) is 78.9 cm³/mol. The summed E-state index contributed by atoms with van der Waals surface area (Å²) in [4.78, 5) is 23.3. The molecule has 0 aromatic carbocycles. The van der Waals surface area contributed by atoms with E-state index < -0.39 is 42.4 Å². The van der Waals surface area contributed by atoms with Crippen molar-refractivity contribution in [3.05, 3.63) is 28.3 Å². The van der Waals surface area contributed by atoms with E-state index in [1.807, 2.05) is 0 Å². The van der Waals surface area contributed by atoms with Crippen LogP contribution in [0, 0.1) is 0 Å². The van der Waals surface area contributed by atoms with Gasteiger partial charge < -0.3 is 19.2 Å². The number of halogens is 3. The molecule has 0 saturated heterocycles. The van der Waals surface area contributed by atoms with Crippen LogP contribution in [0.15, 0.2) is 21.3 Å². The Morgan fingerprint density at radius 2 is 1.92 bits per heavy atom. The lowest BCUT2D eigenvalue weighted by atomic mass is 10.1. The van der Waals surface area contributed by atoms with Crippen LogP contribution in [-0.4, -0.2) is 25.0 Å². The number of nitrogens with one attached hydrogen (secondary N) is 1. The van der Waals surface area contributed by atoms with Crippen molar-refractivity contribution in [2.75, 3.05) is 7.11 Å². The molecule has 0 spiro atoms. The first-order valence-electron chi connectivity index (χ1n) is 7.15. The van der Waals surface area contributed by atoms with E-state index in [1.165, 1.54) is 13.2 Å². The molecule has 136 valence electrons. The monoisotopic (exact) mass is 351 g/mol. The summed E-state index contributed by atoms with van der Waals surface area (Å²) in [5.74, 6) is -0.0290. The van der Waals surface area contributed by atoms with Crippen LogP contribution in [0.3, 0.4) is 0 Å². The van der Waals surface area contributed by atoms with Crippen molar-refractivity contribution < 1.29 is 31.9 Å². The van der Waals surface area contributed by atoms with Gasteiger partial charge in [-0.25, -0.2) is 9.59 Å². The molecule has 0 saturated carbocycles. The number of hydrogen-bond acceptors (Lipinski definition) is 5. The van der Waals surface area contributed by atoms with E-state index in [1.54, 1.807) is 20.8 Å². The van der Waals surface area contributed by atoms with Crippen LogP contribution < -0.4 is 15.7 Å². The van der Waals surface area contributed by atoms with Gasteiger partial charge in [0, 0.05) is 12.5 Å². The van der Waals surface area contributed by atoms with E-state index in [0.29, 0.717) is 0 Å². The molecule has 0 radical (unpaired) electrons. The maximum Gasteiger partial charge on any atom is 0.408 e. The van der Waals surface area contributed by atoms with Gasteiger partial charge in [-0.15, -0.1) is 0 Å². The summed E-state index contributed by atoms with van der Waals surface area (Å²) in [6.45, 7) is 4.84. The number of rotatable bonds is 5. The second-order valence-electron chi connectivity index (χ2n) is 6.07. The number of amides is 1. The van der Waals surface area contributed by atoms with Crippen LogP contribution in [-0.2, 0) is 4.74 Å². The van der Waals surface area contributed by atoms with Gasteiger partial charge in [0.05, 0.1) is 19.2 Å². The number of hydrogen-bond donors (Lipinski definition) is 1. The Morgan fingerprint density at radius 1 is 1.29 bits per heavy atom. The van der Waals surface area contributed by atoms with Gasteiger partial charge in [-0.05, 0) is 27.2 Å². The molecular formula is C15H20F3NO5. The topological polar surface area (TPSA) is 77.8 Å². The average Bonchev–Trinajstić information content (AvgIpc) is 2.39. The zero-order valence-electron chi connectivity index (χ0n) is 13.8. The van der Waals surface area contributed by atoms with Gasteiger partial charge in [-0.1, -0.05) is 0 Å². The van der Waals surface area contributed by atoms with Gasteiger partial charge >= 0.3 is 17.9 Å². The summed E-state index contributed by atoms with van der Waals surface area (Å²) in [6.07, 6.45) is -7.03. The third-order valence-corrected chi connectivity index (χ3v) is 2.75. The molecule has 0 aliphatic heterocycles. The van der Waals surface area contributed by atoms with Crippen LogP contribution >= 0.6 is 0 Å². The number of carbonyl (C=O) groups excluding carboxylic acids is 1. The SMILES string of the molecule is COc1cc(C(CCC(F)(F)F)NC(=O)OC(C)(C)C)oc(=O)c1. The number of alkyl halides is 3. The van der Waals surface area contributed by atoms with Crippen LogP contribution in [0.25, 0.3) is 0 Å². The van der Waals surface area contributed by atoms with Crippen molar-refractivity contribution in [2.45, 2.75) is 51.4 Å². The minimum atomic E-state index is -4.42. The standard InChI is InChI=1S/C15H20F3NO5/c1-14(2,3)24-13(21)19-10(5-6-15(16,17)18)11-7-9(22-4)8-12(20)23-11/h7-8,10H,5-6H2,1-4H3,(H,19,21). The summed E-state index contributed by atoms with van der Waals surface area (Å²) in [7, 11) is 1.30. The Kier molecular flexibility index (Phi) is 6.28. The highest BCUT2D eigenvalue weighted by atomic mass is 19.4. The molecule has 1 heterocycles. The third kappa shape index (κ3) is 7.38. The van der Waals surface area contributed by atoms with Crippen molar-refractivity contribution in [1.29, 1.82) is 0 Å². The lowest BCUT2D eigenvalue weighted by molar-refractivity contribution is -0.137. The van der Waals surface area contributed by atoms with E-state index in [-0.39, 0.29) is 11.5 Å². The zero-order chi connectivity index (χ0) is 18.5. The second-order valence-corrected chi connectivity index (χ2v) is 6.07. The van der Waals surface area contributed by atoms with E-state index >= 15 is 0 Å². The quantitative estimate of drug-likeness (QED) is 0.878. The number of alkyl carbamates (subject to hydrolysis) is 1. The Hall–Kier alpha value is -2.19. The fraction of sp³-hybridized carbons (Fsp3) is 0.600. The molecule has 1 amide bonds. The van der Waals surface area contributed by atoms with E-state index in [0.717, 1.165) is 6.07 Å². The minimum Gasteiger partial charge on any atom is -0.496 e. The smallest absolute Gasteiger partial charge is 0.408 e. The van der Waals surface area contributed by atoms with Crippen LogP contribution in [0.2, 0.25) is 0 Å². The maximum atomic E-state index is 12.5. The van der Waals surface area contributed by atoms with Crippen molar-refractivity contribution in [2.24, 2.45) is 0 Å². The van der Waals surface area contributed by atoms with Crippen molar-refractivity contribution >= 4 is 6.09 Å². The Morgan fingerprint density at radius 3 is 2.42 bits per heavy atom. The van der Waals surface area contributed by atoms with Crippen molar-refractivity contribution in [3.8, 4) is 5.75 Å². The number of carbonyl (C=O) groups is 1. The summed E-state index contributed by atoms with van der Waals surface area (Å²) >= 11 is 0. The zero-order valence-corrected chi connectivity index (χ0v) is 13.8. The molecule has 0 aliphatic rings. The molecule has 1 aromatic rings. The first kappa shape index (κ1) is 19.9. The first-order chi connectivity index (χ1) is 10.9. The minimum absolute atomic E-state index is 0.115. The lowest BCUT2D eigenvalue weighted by Gasteiger charge is -2.23. The maximum absolute atomic E-state index is 12.5. The van der Waals surface area contributed by atoms with Gasteiger partial charge in [-0.3, -0.25) is 0 Å². The second kappa shape index (κ2) is 7.59. The van der Waals surface area contributed by atoms with Crippen LogP contribution in [0.5, 0.6) is 5.75 Å². The van der Waals surface area contributed by atoms with E-state index in [9.17, 15) is 22.8 Å². The molecule has 1 atom stereocenters. The Labute approximate surface area is 136 Å². The van der Waals surface area contributed by atoms with Gasteiger partial charge in [0.25, 0.3) is 0 Å². The summed E-state index contributed by atoms with van der Waals surface area (Å²) < 4.78 is 52.3. The predicted octanol–water partition coefficient (Wildman–Crippen LogP) is 3.56. The van der Waals surface area contributed by atoms with E-state index in [2.05, 4.69) is 5.32 Å². The van der Waals surface area contributed by atoms with E-state index in [4.69, 9.17) is 13.9 Å². The molecule has 24 heavy (non-hydrogen) atoms. The summed E-state index contributed by atoms with van der Waals surface area (Å²) in [6, 6.07) is 1.10. The Bertz CT molecular complexity index is 619. The highest BCUT2D eigenvalue weighted by Crippen LogP contribution is 2.28. The highest BCUT2D eigenvalue weighted by Gasteiger charge is 2.31. The fourth-order valence-electron chi connectivity index (χ4n) is 1.81. The third-order valence-electron chi connectivity index (χ3n) is 2.75. The summed E-state index contributed by atoms with van der Waals surface area (Å²) in [5.41, 5.74) is -1.62. The first-order valence-corrected chi connectivity index (χ1v) is 7.15. The van der Waals surface area contributed by atoms with Gasteiger partial charge in [0.1, 0.15) is 17.1 Å². The highest BCUT2D eigenvalue weighted by molar-refractivity contribution is 5.68. The molecule has 9 heteroatoms. The Balaban J connectivity index is 3.02. The molecular weight excluding hydrogens is 331 g/mol. The fourth-order valence-corrected chi connectivity index (χ4v) is 1.81.